The van der Waals surface area contributed by atoms with Crippen molar-refractivity contribution in [3.05, 3.63) is 23.8 Å². The van der Waals surface area contributed by atoms with Crippen molar-refractivity contribution in [1.82, 2.24) is 4.90 Å². The summed E-state index contributed by atoms with van der Waals surface area (Å²) in [5.74, 6) is -1.96. The highest BCUT2D eigenvalue weighted by atomic mass is 32.2. The fraction of sp³-hybridized carbons (Fsp3) is 0.500. The Morgan fingerprint density at radius 1 is 1.16 bits per heavy atom. The summed E-state index contributed by atoms with van der Waals surface area (Å²) in [5, 5.41) is 18.9. The molecular formula is C16H19NO7S. The zero-order valence-corrected chi connectivity index (χ0v) is 14.2. The molecule has 1 amide bonds. The van der Waals surface area contributed by atoms with Gasteiger partial charge in [0.1, 0.15) is 17.1 Å². The van der Waals surface area contributed by atoms with Gasteiger partial charge in [0.25, 0.3) is 5.91 Å². The van der Waals surface area contributed by atoms with Crippen molar-refractivity contribution in [3.8, 4) is 11.5 Å². The number of aromatic hydroxyl groups is 2. The molecule has 2 fully saturated rings. The number of benzene rings is 1. The fourth-order valence-corrected chi connectivity index (χ4v) is 4.74. The molecule has 25 heavy (non-hydrogen) atoms. The number of sulfone groups is 1. The number of esters is 1. The maximum Gasteiger partial charge on any atom is 0.342 e. The van der Waals surface area contributed by atoms with Crippen LogP contribution in [0, 0.1) is 0 Å². The Hall–Kier alpha value is -2.29. The lowest BCUT2D eigenvalue weighted by atomic mass is 10.2. The zero-order chi connectivity index (χ0) is 18.2. The quantitative estimate of drug-likeness (QED) is 0.722. The van der Waals surface area contributed by atoms with E-state index in [0.29, 0.717) is 6.42 Å². The Labute approximate surface area is 144 Å². The van der Waals surface area contributed by atoms with E-state index in [9.17, 15) is 28.2 Å². The largest absolute Gasteiger partial charge is 0.508 e. The molecule has 0 spiro atoms. The van der Waals surface area contributed by atoms with Crippen molar-refractivity contribution in [2.45, 2.75) is 31.3 Å². The van der Waals surface area contributed by atoms with E-state index in [4.69, 9.17) is 4.74 Å². The van der Waals surface area contributed by atoms with Gasteiger partial charge in [-0.3, -0.25) is 4.79 Å². The van der Waals surface area contributed by atoms with Gasteiger partial charge in [-0.15, -0.1) is 0 Å². The average molecular weight is 369 g/mol. The van der Waals surface area contributed by atoms with Crippen LogP contribution in [-0.4, -0.2) is 65.6 Å². The number of hydrogen-bond donors (Lipinski definition) is 2. The molecule has 1 saturated heterocycles. The van der Waals surface area contributed by atoms with Gasteiger partial charge in [0.15, 0.2) is 16.4 Å². The van der Waals surface area contributed by atoms with Crippen LogP contribution in [0.25, 0.3) is 0 Å². The number of amides is 1. The van der Waals surface area contributed by atoms with E-state index in [2.05, 4.69) is 0 Å². The maximum atomic E-state index is 12.4. The van der Waals surface area contributed by atoms with Gasteiger partial charge in [0.2, 0.25) is 0 Å². The highest BCUT2D eigenvalue weighted by Gasteiger charge is 2.42. The van der Waals surface area contributed by atoms with Crippen LogP contribution in [0.1, 0.15) is 29.6 Å². The van der Waals surface area contributed by atoms with Gasteiger partial charge in [-0.25, -0.2) is 13.2 Å². The third-order valence-corrected chi connectivity index (χ3v) is 6.11. The molecule has 136 valence electrons. The molecule has 0 bridgehead atoms. The van der Waals surface area contributed by atoms with Gasteiger partial charge < -0.3 is 19.8 Å². The molecule has 1 aliphatic carbocycles. The average Bonchev–Trinajstić information content (AvgIpc) is 3.29. The van der Waals surface area contributed by atoms with Crippen molar-refractivity contribution < 1.29 is 33.0 Å². The summed E-state index contributed by atoms with van der Waals surface area (Å²) >= 11 is 0. The molecule has 1 aromatic carbocycles. The Balaban J connectivity index is 1.63. The van der Waals surface area contributed by atoms with Crippen LogP contribution < -0.4 is 0 Å². The van der Waals surface area contributed by atoms with Crippen LogP contribution in [-0.2, 0) is 19.4 Å². The number of carbonyl (C=O) groups is 2. The first-order chi connectivity index (χ1) is 11.8. The van der Waals surface area contributed by atoms with E-state index in [1.807, 2.05) is 0 Å². The van der Waals surface area contributed by atoms with Gasteiger partial charge in [0.05, 0.1) is 11.5 Å². The lowest BCUT2D eigenvalue weighted by molar-refractivity contribution is -0.137. The number of phenols is 2. The molecule has 2 aliphatic rings. The number of nitrogens with zero attached hydrogens (tertiary/aromatic N) is 1. The van der Waals surface area contributed by atoms with Crippen molar-refractivity contribution in [2.75, 3.05) is 18.1 Å². The Kier molecular flexibility index (Phi) is 4.59. The van der Waals surface area contributed by atoms with E-state index in [0.717, 1.165) is 18.9 Å². The molecule has 0 radical (unpaired) electrons. The maximum absolute atomic E-state index is 12.4. The van der Waals surface area contributed by atoms with Crippen molar-refractivity contribution in [1.29, 1.82) is 0 Å². The summed E-state index contributed by atoms with van der Waals surface area (Å²) in [4.78, 5) is 26.0. The first-order valence-corrected chi connectivity index (χ1v) is 9.79. The van der Waals surface area contributed by atoms with Crippen LogP contribution in [0.15, 0.2) is 18.2 Å². The summed E-state index contributed by atoms with van der Waals surface area (Å²) in [5.41, 5.74) is -0.160. The molecule has 0 unspecified atom stereocenters. The molecule has 2 N–H and O–H groups in total. The van der Waals surface area contributed by atoms with Crippen LogP contribution in [0.2, 0.25) is 0 Å². The number of rotatable bonds is 5. The van der Waals surface area contributed by atoms with E-state index in [1.54, 1.807) is 0 Å². The van der Waals surface area contributed by atoms with E-state index >= 15 is 0 Å². The summed E-state index contributed by atoms with van der Waals surface area (Å²) < 4.78 is 28.3. The SMILES string of the molecule is O=C(OCC(=O)N(C1CC1)[C@H]1CCS(=O)(=O)C1)c1ccc(O)cc1O. The minimum absolute atomic E-state index is 0.00609. The van der Waals surface area contributed by atoms with Crippen LogP contribution in [0.5, 0.6) is 11.5 Å². The molecule has 1 atom stereocenters. The van der Waals surface area contributed by atoms with E-state index in [-0.39, 0.29) is 34.9 Å². The summed E-state index contributed by atoms with van der Waals surface area (Å²) in [6.07, 6.45) is 2.03. The lowest BCUT2D eigenvalue weighted by Crippen LogP contribution is -2.44. The van der Waals surface area contributed by atoms with Gasteiger partial charge in [-0.05, 0) is 31.4 Å². The third kappa shape index (κ3) is 4.04. The summed E-state index contributed by atoms with van der Waals surface area (Å²) in [6, 6.07) is 3.05. The first-order valence-electron chi connectivity index (χ1n) is 7.97. The van der Waals surface area contributed by atoms with Gasteiger partial charge in [-0.1, -0.05) is 0 Å². The molecule has 9 heteroatoms. The fourth-order valence-electron chi connectivity index (χ4n) is 3.03. The predicted octanol–water partition coefficient (Wildman–Crippen LogP) is 0.433. The van der Waals surface area contributed by atoms with Crippen molar-refractivity contribution in [3.63, 3.8) is 0 Å². The molecule has 3 rings (SSSR count). The second-order valence-corrected chi connectivity index (χ2v) is 8.60. The van der Waals surface area contributed by atoms with Gasteiger partial charge in [-0.2, -0.15) is 0 Å². The highest BCUT2D eigenvalue weighted by molar-refractivity contribution is 7.91. The number of ether oxygens (including phenoxy) is 1. The summed E-state index contributed by atoms with van der Waals surface area (Å²) in [6.45, 7) is -0.522. The molecule has 0 aromatic heterocycles. The van der Waals surface area contributed by atoms with Crippen molar-refractivity contribution in [2.24, 2.45) is 0 Å². The molecule has 8 nitrogen and oxygen atoms in total. The minimum Gasteiger partial charge on any atom is -0.508 e. The molecule has 1 aromatic rings. The van der Waals surface area contributed by atoms with Gasteiger partial charge in [0, 0.05) is 18.2 Å². The molecule has 1 saturated carbocycles. The second-order valence-electron chi connectivity index (χ2n) is 6.37. The standard InChI is InChI=1S/C16H19NO7S/c18-12-3-4-13(14(19)7-12)16(21)24-8-15(20)17(10-1-2-10)11-5-6-25(22,23)9-11/h3-4,7,10-11,18-19H,1-2,5-6,8-9H2/t11-/m0/s1. The third-order valence-electron chi connectivity index (χ3n) is 4.36. The van der Waals surface area contributed by atoms with E-state index in [1.165, 1.54) is 17.0 Å². The number of hydrogen-bond acceptors (Lipinski definition) is 7. The number of carbonyl (C=O) groups excluding carboxylic acids is 2. The molecule has 1 aliphatic heterocycles. The molecule has 1 heterocycles. The lowest BCUT2D eigenvalue weighted by Gasteiger charge is -2.28. The predicted molar refractivity (Wildman–Crippen MR) is 87.0 cm³/mol. The monoisotopic (exact) mass is 369 g/mol. The topological polar surface area (TPSA) is 121 Å². The Bertz CT molecular complexity index is 801. The molecular weight excluding hydrogens is 350 g/mol. The van der Waals surface area contributed by atoms with E-state index < -0.39 is 34.1 Å². The van der Waals surface area contributed by atoms with Crippen molar-refractivity contribution >= 4 is 21.7 Å². The highest BCUT2D eigenvalue weighted by Crippen LogP contribution is 2.32. The van der Waals surface area contributed by atoms with Crippen LogP contribution >= 0.6 is 0 Å². The normalized spacial score (nSPS) is 21.7. The Morgan fingerprint density at radius 2 is 1.88 bits per heavy atom. The Morgan fingerprint density at radius 3 is 2.44 bits per heavy atom. The summed E-state index contributed by atoms with van der Waals surface area (Å²) in [7, 11) is -3.12. The smallest absolute Gasteiger partial charge is 0.342 e. The number of phenolic OH excluding ortho intramolecular Hbond substituents is 2. The first kappa shape index (κ1) is 17.5. The second kappa shape index (κ2) is 6.55. The zero-order valence-electron chi connectivity index (χ0n) is 13.4. The van der Waals surface area contributed by atoms with Crippen LogP contribution in [0.4, 0.5) is 0 Å². The van der Waals surface area contributed by atoms with Gasteiger partial charge >= 0.3 is 5.97 Å². The van der Waals surface area contributed by atoms with Crippen LogP contribution in [0.3, 0.4) is 0 Å². The minimum atomic E-state index is -3.12.